The SMILES string of the molecule is CC1(C)OB(c2ccc(-c3cnc(N)c(C#N)n3)c(F)c2)OC1(C)C. The number of rotatable bonds is 2. The van der Waals surface area contributed by atoms with Crippen LogP contribution in [0.2, 0.25) is 0 Å². The van der Waals surface area contributed by atoms with E-state index in [1.165, 1.54) is 12.3 Å². The van der Waals surface area contributed by atoms with Gasteiger partial charge in [-0.1, -0.05) is 12.1 Å². The van der Waals surface area contributed by atoms with Crippen LogP contribution in [0.5, 0.6) is 0 Å². The highest BCUT2D eigenvalue weighted by molar-refractivity contribution is 6.62. The van der Waals surface area contributed by atoms with E-state index in [1.807, 2.05) is 33.8 Å². The van der Waals surface area contributed by atoms with Gasteiger partial charge in [0.15, 0.2) is 11.5 Å². The maximum Gasteiger partial charge on any atom is 0.494 e. The Bertz CT molecular complexity index is 863. The predicted octanol–water partition coefficient (Wildman–Crippen LogP) is 2.04. The highest BCUT2D eigenvalue weighted by Crippen LogP contribution is 2.36. The molecule has 1 aromatic heterocycles. The van der Waals surface area contributed by atoms with Crippen molar-refractivity contribution >= 4 is 18.4 Å². The molecular formula is C17H18BFN4O2. The molecule has 2 aromatic rings. The molecule has 0 unspecified atom stereocenters. The molecule has 0 aliphatic carbocycles. The summed E-state index contributed by atoms with van der Waals surface area (Å²) in [5.74, 6) is -0.490. The number of anilines is 1. The summed E-state index contributed by atoms with van der Waals surface area (Å²) in [6.45, 7) is 7.74. The number of nitrogens with zero attached hydrogens (tertiary/aromatic N) is 3. The molecule has 0 atom stereocenters. The van der Waals surface area contributed by atoms with Crippen LogP contribution in [-0.2, 0) is 9.31 Å². The molecule has 128 valence electrons. The van der Waals surface area contributed by atoms with E-state index < -0.39 is 24.1 Å². The van der Waals surface area contributed by atoms with Crippen molar-refractivity contribution in [2.75, 3.05) is 5.73 Å². The Morgan fingerprint density at radius 1 is 1.20 bits per heavy atom. The van der Waals surface area contributed by atoms with Crippen molar-refractivity contribution in [1.82, 2.24) is 9.97 Å². The van der Waals surface area contributed by atoms with Crippen LogP contribution >= 0.6 is 0 Å². The van der Waals surface area contributed by atoms with Gasteiger partial charge in [0.05, 0.1) is 23.1 Å². The molecule has 0 amide bonds. The first-order chi connectivity index (χ1) is 11.6. The first-order valence-corrected chi connectivity index (χ1v) is 7.83. The van der Waals surface area contributed by atoms with Gasteiger partial charge in [-0.25, -0.2) is 14.4 Å². The van der Waals surface area contributed by atoms with E-state index in [1.54, 1.807) is 12.1 Å². The molecule has 0 saturated carbocycles. The van der Waals surface area contributed by atoms with Crippen molar-refractivity contribution < 1.29 is 13.7 Å². The van der Waals surface area contributed by atoms with Crippen molar-refractivity contribution in [3.8, 4) is 17.3 Å². The Morgan fingerprint density at radius 2 is 1.84 bits per heavy atom. The number of hydrogen-bond acceptors (Lipinski definition) is 6. The fourth-order valence-electron chi connectivity index (χ4n) is 2.48. The second-order valence-electron chi connectivity index (χ2n) is 6.93. The minimum absolute atomic E-state index is 0.0143. The number of nitriles is 1. The van der Waals surface area contributed by atoms with Crippen LogP contribution in [0.25, 0.3) is 11.3 Å². The smallest absolute Gasteiger partial charge is 0.399 e. The maximum absolute atomic E-state index is 14.6. The van der Waals surface area contributed by atoms with E-state index in [9.17, 15) is 4.39 Å². The number of benzene rings is 1. The molecular weight excluding hydrogens is 322 g/mol. The third-order valence-electron chi connectivity index (χ3n) is 4.70. The van der Waals surface area contributed by atoms with Gasteiger partial charge in [-0.3, -0.25) is 0 Å². The average molecular weight is 340 g/mol. The molecule has 25 heavy (non-hydrogen) atoms. The van der Waals surface area contributed by atoms with Crippen LogP contribution in [-0.4, -0.2) is 28.3 Å². The minimum atomic E-state index is -0.652. The van der Waals surface area contributed by atoms with Gasteiger partial charge >= 0.3 is 7.12 Å². The molecule has 3 rings (SSSR count). The van der Waals surface area contributed by atoms with Gasteiger partial charge < -0.3 is 15.0 Å². The predicted molar refractivity (Wildman–Crippen MR) is 92.3 cm³/mol. The van der Waals surface area contributed by atoms with Gasteiger partial charge in [0.25, 0.3) is 0 Å². The Morgan fingerprint density at radius 3 is 2.40 bits per heavy atom. The van der Waals surface area contributed by atoms with Crippen molar-refractivity contribution in [2.45, 2.75) is 38.9 Å². The van der Waals surface area contributed by atoms with Gasteiger partial charge in [-0.2, -0.15) is 5.26 Å². The second-order valence-corrected chi connectivity index (χ2v) is 6.93. The Labute approximate surface area is 145 Å². The van der Waals surface area contributed by atoms with Crippen molar-refractivity contribution in [3.05, 3.63) is 35.9 Å². The summed E-state index contributed by atoms with van der Waals surface area (Å²) >= 11 is 0. The zero-order valence-corrected chi connectivity index (χ0v) is 14.5. The lowest BCUT2D eigenvalue weighted by molar-refractivity contribution is 0.00578. The number of halogens is 1. The van der Waals surface area contributed by atoms with Crippen molar-refractivity contribution in [3.63, 3.8) is 0 Å². The van der Waals surface area contributed by atoms with Crippen molar-refractivity contribution in [1.29, 1.82) is 5.26 Å². The van der Waals surface area contributed by atoms with Crippen LogP contribution in [0.4, 0.5) is 10.2 Å². The summed E-state index contributed by atoms with van der Waals surface area (Å²) in [6.07, 6.45) is 1.34. The average Bonchev–Trinajstić information content (AvgIpc) is 2.76. The number of hydrogen-bond donors (Lipinski definition) is 1. The Hall–Kier alpha value is -2.50. The molecule has 2 heterocycles. The van der Waals surface area contributed by atoms with Crippen LogP contribution in [0.3, 0.4) is 0 Å². The molecule has 6 nitrogen and oxygen atoms in total. The summed E-state index contributed by atoms with van der Waals surface area (Å²) in [4.78, 5) is 7.93. The maximum atomic E-state index is 14.6. The summed E-state index contributed by atoms with van der Waals surface area (Å²) in [5, 5.41) is 8.99. The lowest BCUT2D eigenvalue weighted by Crippen LogP contribution is -2.41. The summed E-state index contributed by atoms with van der Waals surface area (Å²) in [7, 11) is -0.652. The largest absolute Gasteiger partial charge is 0.494 e. The molecule has 1 fully saturated rings. The van der Waals surface area contributed by atoms with E-state index in [2.05, 4.69) is 9.97 Å². The third kappa shape index (κ3) is 2.97. The lowest BCUT2D eigenvalue weighted by Gasteiger charge is -2.32. The van der Waals surface area contributed by atoms with Crippen LogP contribution < -0.4 is 11.2 Å². The van der Waals surface area contributed by atoms with Gasteiger partial charge in [0.2, 0.25) is 0 Å². The summed E-state index contributed by atoms with van der Waals surface area (Å²) in [5.41, 5.74) is 5.55. The van der Waals surface area contributed by atoms with Crippen LogP contribution in [0.1, 0.15) is 33.4 Å². The summed E-state index contributed by atoms with van der Waals surface area (Å²) in [6, 6.07) is 6.47. The Balaban J connectivity index is 1.94. The molecule has 0 spiro atoms. The molecule has 0 radical (unpaired) electrons. The van der Waals surface area contributed by atoms with Gasteiger partial charge in [0.1, 0.15) is 11.9 Å². The van der Waals surface area contributed by atoms with Crippen LogP contribution in [0, 0.1) is 17.1 Å². The van der Waals surface area contributed by atoms with Gasteiger partial charge in [-0.15, -0.1) is 0 Å². The molecule has 2 N–H and O–H groups in total. The number of aromatic nitrogens is 2. The molecule has 1 aliphatic rings. The zero-order chi connectivity index (χ0) is 18.4. The molecule has 8 heteroatoms. The fourth-order valence-corrected chi connectivity index (χ4v) is 2.48. The van der Waals surface area contributed by atoms with Gasteiger partial charge in [0, 0.05) is 5.56 Å². The number of nitrogens with two attached hydrogens (primary N) is 1. The van der Waals surface area contributed by atoms with E-state index in [0.717, 1.165) is 0 Å². The number of nitrogen functional groups attached to an aromatic ring is 1. The molecule has 1 saturated heterocycles. The highest BCUT2D eigenvalue weighted by Gasteiger charge is 2.51. The summed E-state index contributed by atoms with van der Waals surface area (Å²) < 4.78 is 26.5. The normalized spacial score (nSPS) is 18.2. The van der Waals surface area contributed by atoms with E-state index in [4.69, 9.17) is 20.3 Å². The monoisotopic (exact) mass is 340 g/mol. The molecule has 1 aliphatic heterocycles. The van der Waals surface area contributed by atoms with Gasteiger partial charge in [-0.05, 0) is 39.2 Å². The molecule has 1 aromatic carbocycles. The standard InChI is InChI=1S/C17H18BFN4O2/c1-16(2)17(3,4)25-18(24-16)10-5-6-11(12(19)7-10)14-9-22-15(21)13(8-20)23-14/h5-7,9H,1-4H3,(H2,21,22). The van der Waals surface area contributed by atoms with Crippen LogP contribution in [0.15, 0.2) is 24.4 Å². The fraction of sp³-hybridized carbons (Fsp3) is 0.353. The molecule has 0 bridgehead atoms. The quantitative estimate of drug-likeness (QED) is 0.841. The third-order valence-corrected chi connectivity index (χ3v) is 4.70. The van der Waals surface area contributed by atoms with E-state index in [-0.39, 0.29) is 22.8 Å². The first kappa shape index (κ1) is 17.3. The van der Waals surface area contributed by atoms with E-state index in [0.29, 0.717) is 5.46 Å². The minimum Gasteiger partial charge on any atom is -0.399 e. The first-order valence-electron chi connectivity index (χ1n) is 7.83. The highest BCUT2D eigenvalue weighted by atomic mass is 19.1. The second kappa shape index (κ2) is 5.79. The van der Waals surface area contributed by atoms with Crippen molar-refractivity contribution in [2.24, 2.45) is 0 Å². The topological polar surface area (TPSA) is 94.1 Å². The zero-order valence-electron chi connectivity index (χ0n) is 14.5. The Kier molecular flexibility index (Phi) is 4.02. The lowest BCUT2D eigenvalue weighted by atomic mass is 9.78. The van der Waals surface area contributed by atoms with E-state index >= 15 is 0 Å².